The van der Waals surface area contributed by atoms with E-state index in [9.17, 15) is 79.4 Å². The lowest BCUT2D eigenvalue weighted by Crippen LogP contribution is -2.78. The number of hydrogen-bond donors (Lipinski definition) is 0. The Bertz CT molecular complexity index is 2170. The van der Waals surface area contributed by atoms with Crippen molar-refractivity contribution in [3.63, 3.8) is 0 Å². The van der Waals surface area contributed by atoms with Gasteiger partial charge >= 0.3 is 71.4 Å². The van der Waals surface area contributed by atoms with E-state index in [4.69, 9.17) is 4.18 Å². The minimum Gasteiger partial charge on any atom is -0.397 e. The highest BCUT2D eigenvalue weighted by molar-refractivity contribution is 9.12. The first-order chi connectivity index (χ1) is 28.6. The molecular weight excluding hydrogens is 1580 g/mol. The molecule has 0 amide bonds. The van der Waals surface area contributed by atoms with Crippen molar-refractivity contribution in [2.75, 3.05) is 0 Å². The zero-order chi connectivity index (χ0) is 51.5. The number of benzene rings is 3. The lowest BCUT2D eigenvalue weighted by molar-refractivity contribution is -0.477. The van der Waals surface area contributed by atoms with E-state index in [1.54, 1.807) is 0 Å². The molecule has 3 rings (SSSR count). The van der Waals surface area contributed by atoms with Crippen LogP contribution in [0.15, 0.2) is 91.3 Å². The Kier molecular flexibility index (Phi) is 16.8. The van der Waals surface area contributed by atoms with Crippen LogP contribution in [-0.4, -0.2) is 71.4 Å². The molecule has 0 aromatic heterocycles. The zero-order valence-electron chi connectivity index (χ0n) is 28.8. The van der Waals surface area contributed by atoms with Gasteiger partial charge in [-0.2, -0.15) is 101 Å². The van der Waals surface area contributed by atoms with E-state index in [0.29, 0.717) is 0 Å². The topological polar surface area (TPSA) is 26.3 Å². The fourth-order valence-electron chi connectivity index (χ4n) is 4.89. The Morgan fingerprint density at radius 2 is 0.523 bits per heavy atom. The van der Waals surface area contributed by atoms with Crippen molar-refractivity contribution in [1.82, 2.24) is 0 Å². The van der Waals surface area contributed by atoms with Gasteiger partial charge in [0.05, 0.1) is 14.7 Å². The van der Waals surface area contributed by atoms with E-state index >= 15 is 26.3 Å². The van der Waals surface area contributed by atoms with Crippen LogP contribution in [0.3, 0.4) is 0 Å². The summed E-state index contributed by atoms with van der Waals surface area (Å²) in [6, 6.07) is 6.25. The van der Waals surface area contributed by atoms with Gasteiger partial charge in [-0.15, -0.1) is 0 Å². The molecule has 0 heterocycles. The van der Waals surface area contributed by atoms with E-state index in [0.717, 1.165) is 36.4 Å². The maximum absolute atomic E-state index is 15.9. The molecule has 0 spiro atoms. The van der Waals surface area contributed by atoms with E-state index in [2.05, 4.69) is 143 Å². The summed E-state index contributed by atoms with van der Waals surface area (Å²) in [5, 5.41) is 0. The number of halogens is 32. The van der Waals surface area contributed by atoms with E-state index in [-0.39, 0.29) is 13.4 Å². The van der Waals surface area contributed by atoms with Crippen molar-refractivity contribution in [3.8, 4) is 0 Å². The molecular formula is C30H6Br9F23O2S. The van der Waals surface area contributed by atoms with E-state index in [1.165, 1.54) is 0 Å². The summed E-state index contributed by atoms with van der Waals surface area (Å²) >= 11 is 27.2. The molecule has 368 valence electrons. The summed E-state index contributed by atoms with van der Waals surface area (Å²) in [4.78, 5) is 11.5. The van der Waals surface area contributed by atoms with Crippen LogP contribution < -0.4 is 0 Å². The molecule has 0 N–H and O–H groups in total. The Morgan fingerprint density at radius 1 is 0.338 bits per heavy atom. The maximum atomic E-state index is 15.9. The highest BCUT2D eigenvalue weighted by atomic mass is 79.9. The van der Waals surface area contributed by atoms with Crippen molar-refractivity contribution in [3.05, 3.63) is 76.7 Å². The van der Waals surface area contributed by atoms with Crippen molar-refractivity contribution in [2.45, 2.75) is 80.1 Å². The SMILES string of the molecule is O=C(OS(c1c(Br)cc(Br)cc1Br)(c1c(Br)cc(Br)cc1Br)c1c(Br)cc(Br)cc1Br)C(F)(F)C(F)(F)C(F)(F)C(F)(F)C(F)(F)C(F)(F)C(F)(F)C(F)(F)C(F)(F)C(F)(F)C(F)(F)F. The van der Waals surface area contributed by atoms with Gasteiger partial charge < -0.3 is 4.18 Å². The Balaban J connectivity index is 2.45. The minimum absolute atomic E-state index is 0.0556. The molecule has 0 bridgehead atoms. The predicted octanol–water partition coefficient (Wildman–Crippen LogP) is 19.2. The average Bonchev–Trinajstić information content (AvgIpc) is 3.08. The van der Waals surface area contributed by atoms with Gasteiger partial charge in [0.15, 0.2) is 0 Å². The van der Waals surface area contributed by atoms with Gasteiger partial charge in [-0.25, -0.2) is 4.79 Å². The normalized spacial score (nSPS) is 15.1. The quantitative estimate of drug-likeness (QED) is 0.150. The van der Waals surface area contributed by atoms with Crippen LogP contribution in [0.1, 0.15) is 0 Å². The highest BCUT2D eigenvalue weighted by Crippen LogP contribution is 2.78. The van der Waals surface area contributed by atoms with Crippen LogP contribution in [0.4, 0.5) is 101 Å². The smallest absolute Gasteiger partial charge is 0.397 e. The summed E-state index contributed by atoms with van der Waals surface area (Å²) in [5.74, 6) is -95.4. The van der Waals surface area contributed by atoms with Crippen molar-refractivity contribution >= 4 is 160 Å². The number of rotatable bonds is 14. The Hall–Kier alpha value is 0.190. The van der Waals surface area contributed by atoms with Crippen LogP contribution in [0, 0.1) is 0 Å². The van der Waals surface area contributed by atoms with Gasteiger partial charge in [-0.3, -0.25) is 0 Å². The second-order valence-electron chi connectivity index (χ2n) is 12.3. The zero-order valence-corrected chi connectivity index (χ0v) is 43.9. The Morgan fingerprint density at radius 3 is 0.723 bits per heavy atom. The molecule has 0 fully saturated rings. The average molecular weight is 1590 g/mol. The van der Waals surface area contributed by atoms with Gasteiger partial charge in [-0.05, 0) is 132 Å². The molecule has 0 saturated carbocycles. The number of carbonyl (C=O) groups excluding carboxylic acids is 1. The number of hydrogen-bond acceptors (Lipinski definition) is 2. The highest BCUT2D eigenvalue weighted by Gasteiger charge is 2.99. The largest absolute Gasteiger partial charge is 0.460 e. The van der Waals surface area contributed by atoms with Crippen molar-refractivity contribution in [1.29, 1.82) is 0 Å². The summed E-state index contributed by atoms with van der Waals surface area (Å²) in [6.45, 7) is 0. The van der Waals surface area contributed by atoms with E-state index < -0.39 is 123 Å². The molecule has 0 aliphatic rings. The fourth-order valence-corrected chi connectivity index (χ4v) is 19.0. The molecule has 3 aromatic rings. The molecule has 3 aromatic carbocycles. The molecule has 0 atom stereocenters. The number of carbonyl (C=O) groups is 1. The minimum atomic E-state index is -9.62. The molecule has 35 heteroatoms. The van der Waals surface area contributed by atoms with Gasteiger partial charge in [0.1, 0.15) is 0 Å². The van der Waals surface area contributed by atoms with E-state index in [1.807, 2.05) is 0 Å². The third kappa shape index (κ3) is 8.88. The summed E-state index contributed by atoms with van der Waals surface area (Å²) < 4.78 is 331. The monoisotopic (exact) mass is 1580 g/mol. The van der Waals surface area contributed by atoms with Crippen LogP contribution in [0.5, 0.6) is 0 Å². The van der Waals surface area contributed by atoms with Gasteiger partial charge in [0, 0.05) is 50.6 Å². The molecule has 2 nitrogen and oxygen atoms in total. The van der Waals surface area contributed by atoms with Gasteiger partial charge in [0.25, 0.3) is 0 Å². The van der Waals surface area contributed by atoms with Crippen LogP contribution in [0.2, 0.25) is 0 Å². The van der Waals surface area contributed by atoms with Crippen LogP contribution in [-0.2, 0) is 8.98 Å². The molecule has 65 heavy (non-hydrogen) atoms. The van der Waals surface area contributed by atoms with Crippen molar-refractivity contribution < 1.29 is 110 Å². The van der Waals surface area contributed by atoms with Crippen LogP contribution in [0.25, 0.3) is 0 Å². The first-order valence-electron chi connectivity index (χ1n) is 14.9. The Labute approximate surface area is 422 Å². The first-order valence-corrected chi connectivity index (χ1v) is 23.6. The molecule has 0 saturated heterocycles. The second kappa shape index (κ2) is 18.3. The number of alkyl halides is 23. The fraction of sp³-hybridized carbons (Fsp3) is 0.367. The van der Waals surface area contributed by atoms with Gasteiger partial charge in [0.2, 0.25) is 0 Å². The lowest BCUT2D eigenvalue weighted by Gasteiger charge is -2.46. The van der Waals surface area contributed by atoms with Crippen molar-refractivity contribution in [2.24, 2.45) is 0 Å². The molecule has 0 aliphatic heterocycles. The standard InChI is InChI=1S/C30H6Br9F23O2S/c31-7-1-10(34)16(11(35)2-7)65(17-12(36)3-8(32)4-13(17)37,18-14(38)5-9(33)6-15(18)39)64-19(63)20(40,41)21(42,43)22(44,45)23(46,47)24(48,49)25(50,51)26(52,53)27(54,55)28(56,57)29(58,59)30(60,61)62/h1-6H. The third-order valence-electron chi connectivity index (χ3n) is 8.11. The second-order valence-corrected chi connectivity index (χ2v) is 22.6. The summed E-state index contributed by atoms with van der Waals surface area (Å²) in [7, 11) is -4.92. The maximum Gasteiger partial charge on any atom is 0.460 e. The molecule has 0 radical (unpaired) electrons. The molecule has 0 aliphatic carbocycles. The van der Waals surface area contributed by atoms with Crippen LogP contribution >= 0.6 is 154 Å². The summed E-state index contributed by atoms with van der Waals surface area (Å²) in [6.07, 6.45) is -8.19. The summed E-state index contributed by atoms with van der Waals surface area (Å²) in [5.41, 5.74) is 0. The first kappa shape index (κ1) is 59.5. The predicted molar refractivity (Wildman–Crippen MR) is 213 cm³/mol. The molecule has 0 unspecified atom stereocenters. The third-order valence-corrected chi connectivity index (χ3v) is 18.3. The lowest BCUT2D eigenvalue weighted by atomic mass is 9.85. The van der Waals surface area contributed by atoms with Gasteiger partial charge in [-0.1, -0.05) is 47.8 Å².